The molecule has 0 unspecified atom stereocenters. The highest BCUT2D eigenvalue weighted by Gasteiger charge is 2.10. The SMILES string of the molecule is CCc1cc(C(C)C)c(F)cc1F. The van der Waals surface area contributed by atoms with Crippen LogP contribution in [0.4, 0.5) is 8.78 Å². The minimum atomic E-state index is -0.440. The van der Waals surface area contributed by atoms with Crippen molar-refractivity contribution in [1.82, 2.24) is 0 Å². The molecule has 1 aromatic carbocycles. The van der Waals surface area contributed by atoms with E-state index in [1.54, 1.807) is 6.07 Å². The Morgan fingerprint density at radius 3 is 2.23 bits per heavy atom. The van der Waals surface area contributed by atoms with Crippen LogP contribution in [0.5, 0.6) is 0 Å². The summed E-state index contributed by atoms with van der Waals surface area (Å²) in [6, 6.07) is 2.60. The Labute approximate surface area is 77.6 Å². The van der Waals surface area contributed by atoms with Gasteiger partial charge in [0, 0.05) is 6.07 Å². The van der Waals surface area contributed by atoms with E-state index in [1.807, 2.05) is 20.8 Å². The molecule has 0 aromatic heterocycles. The molecule has 0 saturated heterocycles. The normalized spacial score (nSPS) is 10.9. The number of halogens is 2. The molecule has 13 heavy (non-hydrogen) atoms. The Hall–Kier alpha value is -0.920. The van der Waals surface area contributed by atoms with Gasteiger partial charge in [0.05, 0.1) is 0 Å². The lowest BCUT2D eigenvalue weighted by Gasteiger charge is -2.09. The fourth-order valence-corrected chi connectivity index (χ4v) is 1.33. The Balaban J connectivity index is 3.22. The van der Waals surface area contributed by atoms with Crippen LogP contribution in [0.25, 0.3) is 0 Å². The summed E-state index contributed by atoms with van der Waals surface area (Å²) in [5, 5.41) is 0. The topological polar surface area (TPSA) is 0 Å². The summed E-state index contributed by atoms with van der Waals surface area (Å²) >= 11 is 0. The third-order valence-corrected chi connectivity index (χ3v) is 2.17. The Morgan fingerprint density at radius 2 is 1.77 bits per heavy atom. The highest BCUT2D eigenvalue weighted by Crippen LogP contribution is 2.22. The van der Waals surface area contributed by atoms with Crippen LogP contribution in [0.2, 0.25) is 0 Å². The summed E-state index contributed by atoms with van der Waals surface area (Å²) in [6.45, 7) is 5.66. The molecule has 72 valence electrons. The summed E-state index contributed by atoms with van der Waals surface area (Å²) in [4.78, 5) is 0. The highest BCUT2D eigenvalue weighted by atomic mass is 19.1. The third-order valence-electron chi connectivity index (χ3n) is 2.17. The maximum absolute atomic E-state index is 13.2. The standard InChI is InChI=1S/C11H14F2/c1-4-8-5-9(7(2)3)11(13)6-10(8)12/h5-7H,4H2,1-3H3. The van der Waals surface area contributed by atoms with Gasteiger partial charge in [0.1, 0.15) is 11.6 Å². The van der Waals surface area contributed by atoms with Gasteiger partial charge in [-0.25, -0.2) is 8.78 Å². The minimum absolute atomic E-state index is 0.103. The van der Waals surface area contributed by atoms with Gasteiger partial charge in [-0.1, -0.05) is 20.8 Å². The van der Waals surface area contributed by atoms with Crippen LogP contribution < -0.4 is 0 Å². The Morgan fingerprint density at radius 1 is 1.15 bits per heavy atom. The van der Waals surface area contributed by atoms with Crippen molar-refractivity contribution in [2.45, 2.75) is 33.1 Å². The van der Waals surface area contributed by atoms with Crippen LogP contribution >= 0.6 is 0 Å². The zero-order chi connectivity index (χ0) is 10.0. The van der Waals surface area contributed by atoms with Gasteiger partial charge in [0.15, 0.2) is 0 Å². The Kier molecular flexibility index (Phi) is 3.02. The number of aryl methyl sites for hydroxylation is 1. The maximum Gasteiger partial charge on any atom is 0.129 e. The van der Waals surface area contributed by atoms with Crippen LogP contribution in [0.3, 0.4) is 0 Å². The first kappa shape index (κ1) is 10.2. The zero-order valence-electron chi connectivity index (χ0n) is 8.20. The summed E-state index contributed by atoms with van der Waals surface area (Å²) in [7, 11) is 0. The van der Waals surface area contributed by atoms with E-state index in [1.165, 1.54) is 0 Å². The summed E-state index contributed by atoms with van der Waals surface area (Å²) < 4.78 is 26.2. The highest BCUT2D eigenvalue weighted by molar-refractivity contribution is 5.28. The lowest BCUT2D eigenvalue weighted by Crippen LogP contribution is -1.98. The second-order valence-corrected chi connectivity index (χ2v) is 3.47. The van der Waals surface area contributed by atoms with Crippen molar-refractivity contribution in [1.29, 1.82) is 0 Å². The van der Waals surface area contributed by atoms with Crippen LogP contribution in [-0.2, 0) is 6.42 Å². The molecule has 0 aliphatic heterocycles. The van der Waals surface area contributed by atoms with Gasteiger partial charge in [-0.05, 0) is 29.5 Å². The van der Waals surface area contributed by atoms with E-state index in [0.29, 0.717) is 17.5 Å². The van der Waals surface area contributed by atoms with Gasteiger partial charge < -0.3 is 0 Å². The van der Waals surface area contributed by atoms with Gasteiger partial charge in [0.25, 0.3) is 0 Å². The lowest BCUT2D eigenvalue weighted by molar-refractivity contribution is 0.557. The van der Waals surface area contributed by atoms with Crippen molar-refractivity contribution < 1.29 is 8.78 Å². The first-order chi connectivity index (χ1) is 6.06. The van der Waals surface area contributed by atoms with E-state index < -0.39 is 11.6 Å². The van der Waals surface area contributed by atoms with E-state index in [-0.39, 0.29) is 5.92 Å². The van der Waals surface area contributed by atoms with Crippen molar-refractivity contribution >= 4 is 0 Å². The molecule has 0 fully saturated rings. The van der Waals surface area contributed by atoms with Gasteiger partial charge >= 0.3 is 0 Å². The summed E-state index contributed by atoms with van der Waals surface area (Å²) in [6.07, 6.45) is 0.603. The van der Waals surface area contributed by atoms with Crippen molar-refractivity contribution in [3.63, 3.8) is 0 Å². The fraction of sp³-hybridized carbons (Fsp3) is 0.455. The number of hydrogen-bond acceptors (Lipinski definition) is 0. The van der Waals surface area contributed by atoms with E-state index in [4.69, 9.17) is 0 Å². The van der Waals surface area contributed by atoms with E-state index in [0.717, 1.165) is 6.07 Å². The minimum Gasteiger partial charge on any atom is -0.207 e. The van der Waals surface area contributed by atoms with E-state index in [2.05, 4.69) is 0 Å². The van der Waals surface area contributed by atoms with Crippen LogP contribution in [0.15, 0.2) is 12.1 Å². The van der Waals surface area contributed by atoms with Crippen LogP contribution in [0.1, 0.15) is 37.8 Å². The quantitative estimate of drug-likeness (QED) is 0.658. The van der Waals surface area contributed by atoms with Crippen molar-refractivity contribution in [2.75, 3.05) is 0 Å². The lowest BCUT2D eigenvalue weighted by atomic mass is 9.99. The van der Waals surface area contributed by atoms with Crippen LogP contribution in [0, 0.1) is 11.6 Å². The molecule has 0 amide bonds. The molecule has 0 saturated carbocycles. The van der Waals surface area contributed by atoms with Crippen LogP contribution in [-0.4, -0.2) is 0 Å². The third kappa shape index (κ3) is 2.06. The van der Waals surface area contributed by atoms with Gasteiger partial charge in [-0.15, -0.1) is 0 Å². The predicted octanol–water partition coefficient (Wildman–Crippen LogP) is 3.65. The average Bonchev–Trinajstić information content (AvgIpc) is 2.03. The zero-order valence-corrected chi connectivity index (χ0v) is 8.20. The van der Waals surface area contributed by atoms with Crippen molar-refractivity contribution in [3.05, 3.63) is 34.9 Å². The van der Waals surface area contributed by atoms with Crippen molar-refractivity contribution in [3.8, 4) is 0 Å². The fourth-order valence-electron chi connectivity index (χ4n) is 1.33. The molecule has 0 nitrogen and oxygen atoms in total. The summed E-state index contributed by atoms with van der Waals surface area (Å²) in [5.74, 6) is -0.778. The van der Waals surface area contributed by atoms with Gasteiger partial charge in [-0.2, -0.15) is 0 Å². The van der Waals surface area contributed by atoms with E-state index in [9.17, 15) is 8.78 Å². The second-order valence-electron chi connectivity index (χ2n) is 3.47. The molecule has 0 atom stereocenters. The molecule has 1 rings (SSSR count). The number of hydrogen-bond donors (Lipinski definition) is 0. The molecule has 2 heteroatoms. The average molecular weight is 184 g/mol. The molecule has 0 bridgehead atoms. The Bertz CT molecular complexity index is 303. The smallest absolute Gasteiger partial charge is 0.129 e. The molecule has 1 aromatic rings. The molecule has 0 aliphatic carbocycles. The molecule has 0 heterocycles. The number of benzene rings is 1. The first-order valence-electron chi connectivity index (χ1n) is 4.54. The molecular formula is C11H14F2. The molecule has 0 radical (unpaired) electrons. The number of rotatable bonds is 2. The largest absolute Gasteiger partial charge is 0.207 e. The van der Waals surface area contributed by atoms with Gasteiger partial charge in [0.2, 0.25) is 0 Å². The van der Waals surface area contributed by atoms with Gasteiger partial charge in [-0.3, -0.25) is 0 Å². The first-order valence-corrected chi connectivity index (χ1v) is 4.54. The van der Waals surface area contributed by atoms with Crippen molar-refractivity contribution in [2.24, 2.45) is 0 Å². The van der Waals surface area contributed by atoms with E-state index >= 15 is 0 Å². The molecule has 0 aliphatic rings. The molecule has 0 spiro atoms. The monoisotopic (exact) mass is 184 g/mol. The predicted molar refractivity (Wildman–Crippen MR) is 49.8 cm³/mol. The summed E-state index contributed by atoms with van der Waals surface area (Å²) in [5.41, 5.74) is 1.18. The molecular weight excluding hydrogens is 170 g/mol. The maximum atomic E-state index is 13.2. The molecule has 0 N–H and O–H groups in total. The second kappa shape index (κ2) is 3.86.